The lowest BCUT2D eigenvalue weighted by atomic mass is 10.1. The molecule has 0 spiro atoms. The monoisotopic (exact) mass is 177 g/mol. The average Bonchev–Trinajstić information content (AvgIpc) is 2.15. The Kier molecular flexibility index (Phi) is 3.65. The molecular weight excluding hydrogens is 162 g/mol. The van der Waals surface area contributed by atoms with Gasteiger partial charge in [-0.15, -0.1) is 0 Å². The van der Waals surface area contributed by atoms with Crippen LogP contribution in [-0.4, -0.2) is 17.0 Å². The zero-order valence-corrected chi connectivity index (χ0v) is 8.07. The van der Waals surface area contributed by atoms with Gasteiger partial charge in [-0.05, 0) is 18.9 Å². The van der Waals surface area contributed by atoms with Crippen LogP contribution in [0.4, 0.5) is 0 Å². The molecule has 2 nitrogen and oxygen atoms in total. The number of aliphatic hydroxyl groups is 1. The lowest BCUT2D eigenvalue weighted by molar-refractivity contribution is 0.205. The van der Waals surface area contributed by atoms with E-state index in [0.29, 0.717) is 0 Å². The summed E-state index contributed by atoms with van der Waals surface area (Å²) in [7, 11) is 0. The van der Waals surface area contributed by atoms with Crippen molar-refractivity contribution in [2.75, 3.05) is 0 Å². The summed E-state index contributed by atoms with van der Waals surface area (Å²) < 4.78 is 0. The molecule has 0 saturated carbocycles. The minimum atomic E-state index is -0.616. The van der Waals surface area contributed by atoms with Crippen LogP contribution in [0.3, 0.4) is 0 Å². The molecule has 13 heavy (non-hydrogen) atoms. The Bertz CT molecular complexity index is 277. The van der Waals surface area contributed by atoms with Gasteiger partial charge in [0.2, 0.25) is 0 Å². The summed E-state index contributed by atoms with van der Waals surface area (Å²) in [5.41, 5.74) is 2.04. The van der Waals surface area contributed by atoms with Gasteiger partial charge in [0.05, 0.1) is 0 Å². The van der Waals surface area contributed by atoms with Gasteiger partial charge in [0, 0.05) is 5.71 Å². The van der Waals surface area contributed by atoms with Gasteiger partial charge in [-0.25, -0.2) is 0 Å². The van der Waals surface area contributed by atoms with Gasteiger partial charge in [-0.2, -0.15) is 0 Å². The van der Waals surface area contributed by atoms with Crippen LogP contribution in [0.5, 0.6) is 0 Å². The second kappa shape index (κ2) is 4.77. The van der Waals surface area contributed by atoms with E-state index in [1.807, 2.05) is 37.3 Å². The Morgan fingerprint density at radius 1 is 1.38 bits per heavy atom. The number of nitrogens with zero attached hydrogens (tertiary/aromatic N) is 1. The van der Waals surface area contributed by atoms with E-state index in [-0.39, 0.29) is 0 Å². The minimum Gasteiger partial charge on any atom is -0.372 e. The van der Waals surface area contributed by atoms with Crippen LogP contribution >= 0.6 is 0 Å². The topological polar surface area (TPSA) is 32.6 Å². The molecule has 0 aliphatic carbocycles. The smallest absolute Gasteiger partial charge is 0.142 e. The Labute approximate surface area is 78.9 Å². The Morgan fingerprint density at radius 3 is 2.46 bits per heavy atom. The van der Waals surface area contributed by atoms with Crippen LogP contribution in [-0.2, 0) is 0 Å². The summed E-state index contributed by atoms with van der Waals surface area (Å²) in [4.78, 5) is 4.14. The highest BCUT2D eigenvalue weighted by molar-refractivity contribution is 6.00. The van der Waals surface area contributed by atoms with Crippen LogP contribution in [0, 0.1) is 0 Å². The third-order valence-corrected chi connectivity index (χ3v) is 1.78. The van der Waals surface area contributed by atoms with E-state index < -0.39 is 6.23 Å². The van der Waals surface area contributed by atoms with Crippen LogP contribution in [0.15, 0.2) is 35.3 Å². The third-order valence-electron chi connectivity index (χ3n) is 1.78. The molecule has 1 aromatic carbocycles. The molecule has 0 heterocycles. The lowest BCUT2D eigenvalue weighted by Gasteiger charge is -2.05. The highest BCUT2D eigenvalue weighted by Gasteiger charge is 2.00. The third kappa shape index (κ3) is 2.99. The number of aliphatic imine (C=N–C) groups is 1. The standard InChI is InChI=1S/C11H15NO/c1-3-11(12-9(2)13)10-7-5-4-6-8-10/h4-9,13H,3H2,1-2H3/b12-11+. The zero-order valence-electron chi connectivity index (χ0n) is 8.07. The first kappa shape index (κ1) is 9.93. The average molecular weight is 177 g/mol. The summed E-state index contributed by atoms with van der Waals surface area (Å²) in [6.07, 6.45) is 0.227. The molecule has 2 heteroatoms. The van der Waals surface area contributed by atoms with E-state index in [9.17, 15) is 0 Å². The first-order chi connectivity index (χ1) is 6.24. The summed E-state index contributed by atoms with van der Waals surface area (Å²) in [6, 6.07) is 9.93. The SMILES string of the molecule is CC/C(=N\C(C)O)c1ccccc1. The minimum absolute atomic E-state index is 0.616. The number of benzene rings is 1. The van der Waals surface area contributed by atoms with Gasteiger partial charge in [0.15, 0.2) is 0 Å². The second-order valence-electron chi connectivity index (χ2n) is 2.93. The summed E-state index contributed by atoms with van der Waals surface area (Å²) in [5.74, 6) is 0. The number of hydrogen-bond donors (Lipinski definition) is 1. The van der Waals surface area contributed by atoms with Crippen molar-refractivity contribution in [3.8, 4) is 0 Å². The van der Waals surface area contributed by atoms with Crippen molar-refractivity contribution in [2.24, 2.45) is 4.99 Å². The summed E-state index contributed by atoms with van der Waals surface area (Å²) in [5, 5.41) is 9.13. The molecule has 1 unspecified atom stereocenters. The molecule has 0 saturated heterocycles. The first-order valence-electron chi connectivity index (χ1n) is 4.54. The molecule has 0 aliphatic heterocycles. The predicted octanol–water partition coefficient (Wildman–Crippen LogP) is 2.22. The van der Waals surface area contributed by atoms with Crippen molar-refractivity contribution in [3.63, 3.8) is 0 Å². The largest absolute Gasteiger partial charge is 0.372 e. The summed E-state index contributed by atoms with van der Waals surface area (Å²) >= 11 is 0. The molecule has 1 aromatic rings. The van der Waals surface area contributed by atoms with Crippen molar-refractivity contribution in [3.05, 3.63) is 35.9 Å². The van der Waals surface area contributed by atoms with Crippen LogP contribution in [0.1, 0.15) is 25.8 Å². The molecule has 1 rings (SSSR count). The first-order valence-corrected chi connectivity index (χ1v) is 4.54. The van der Waals surface area contributed by atoms with Crippen molar-refractivity contribution in [2.45, 2.75) is 26.5 Å². The lowest BCUT2D eigenvalue weighted by Crippen LogP contribution is -2.05. The highest BCUT2D eigenvalue weighted by Crippen LogP contribution is 2.05. The van der Waals surface area contributed by atoms with Crippen molar-refractivity contribution in [1.82, 2.24) is 0 Å². The van der Waals surface area contributed by atoms with E-state index in [1.54, 1.807) is 6.92 Å². The quantitative estimate of drug-likeness (QED) is 0.705. The zero-order chi connectivity index (χ0) is 9.68. The number of rotatable bonds is 3. The maximum absolute atomic E-state index is 9.13. The fourth-order valence-electron chi connectivity index (χ4n) is 1.23. The second-order valence-corrected chi connectivity index (χ2v) is 2.93. The Hall–Kier alpha value is -1.15. The van der Waals surface area contributed by atoms with E-state index in [1.165, 1.54) is 0 Å². The summed E-state index contributed by atoms with van der Waals surface area (Å²) in [6.45, 7) is 3.70. The normalized spacial score (nSPS) is 14.2. The number of aliphatic hydroxyl groups excluding tert-OH is 1. The molecule has 0 aliphatic rings. The maximum Gasteiger partial charge on any atom is 0.142 e. The van der Waals surface area contributed by atoms with Gasteiger partial charge in [0.1, 0.15) is 6.23 Å². The molecule has 0 fully saturated rings. The van der Waals surface area contributed by atoms with E-state index in [0.717, 1.165) is 17.7 Å². The van der Waals surface area contributed by atoms with Crippen molar-refractivity contribution in [1.29, 1.82) is 0 Å². The van der Waals surface area contributed by atoms with Gasteiger partial charge in [0.25, 0.3) is 0 Å². The fourth-order valence-corrected chi connectivity index (χ4v) is 1.23. The predicted molar refractivity (Wildman–Crippen MR) is 55.0 cm³/mol. The van der Waals surface area contributed by atoms with Gasteiger partial charge in [-0.1, -0.05) is 37.3 Å². The Balaban J connectivity index is 2.91. The van der Waals surface area contributed by atoms with Gasteiger partial charge < -0.3 is 5.11 Å². The Morgan fingerprint density at radius 2 is 2.00 bits per heavy atom. The number of hydrogen-bond acceptors (Lipinski definition) is 2. The molecule has 70 valence electrons. The van der Waals surface area contributed by atoms with Crippen molar-refractivity contribution < 1.29 is 5.11 Å². The van der Waals surface area contributed by atoms with E-state index in [4.69, 9.17) is 5.11 Å². The van der Waals surface area contributed by atoms with Gasteiger partial charge >= 0.3 is 0 Å². The van der Waals surface area contributed by atoms with Crippen LogP contribution in [0.2, 0.25) is 0 Å². The molecule has 0 amide bonds. The molecule has 0 bridgehead atoms. The van der Waals surface area contributed by atoms with E-state index in [2.05, 4.69) is 4.99 Å². The molecule has 0 radical (unpaired) electrons. The maximum atomic E-state index is 9.13. The molecule has 1 N–H and O–H groups in total. The van der Waals surface area contributed by atoms with Gasteiger partial charge in [-0.3, -0.25) is 4.99 Å². The van der Waals surface area contributed by atoms with Crippen molar-refractivity contribution >= 4 is 5.71 Å². The van der Waals surface area contributed by atoms with Crippen LogP contribution in [0.25, 0.3) is 0 Å². The molecule has 1 atom stereocenters. The molecular formula is C11H15NO. The van der Waals surface area contributed by atoms with E-state index >= 15 is 0 Å². The van der Waals surface area contributed by atoms with Crippen LogP contribution < -0.4 is 0 Å². The molecule has 0 aromatic heterocycles. The fraction of sp³-hybridized carbons (Fsp3) is 0.364. The highest BCUT2D eigenvalue weighted by atomic mass is 16.3.